The normalized spacial score (nSPS) is 10.5. The van der Waals surface area contributed by atoms with E-state index in [-0.39, 0.29) is 17.4 Å². The van der Waals surface area contributed by atoms with Crippen LogP contribution in [0.1, 0.15) is 15.2 Å². The molecule has 7 heteroatoms. The van der Waals surface area contributed by atoms with Crippen molar-refractivity contribution in [2.75, 3.05) is 26.6 Å². The molecule has 2 amide bonds. The molecule has 2 aromatic rings. The van der Waals surface area contributed by atoms with Gasteiger partial charge in [0, 0.05) is 24.1 Å². The lowest BCUT2D eigenvalue weighted by molar-refractivity contribution is -0.111. The van der Waals surface area contributed by atoms with E-state index in [2.05, 4.69) is 10.6 Å². The van der Waals surface area contributed by atoms with Crippen LogP contribution in [0.4, 0.5) is 5.69 Å². The van der Waals surface area contributed by atoms with Gasteiger partial charge in [0.15, 0.2) is 11.5 Å². The van der Waals surface area contributed by atoms with E-state index in [0.717, 1.165) is 4.88 Å². The predicted molar refractivity (Wildman–Crippen MR) is 94.9 cm³/mol. The second kappa shape index (κ2) is 8.16. The average molecular weight is 346 g/mol. The predicted octanol–water partition coefficient (Wildman–Crippen LogP) is 2.78. The Kier molecular flexibility index (Phi) is 5.97. The first-order valence-corrected chi connectivity index (χ1v) is 7.97. The average Bonchev–Trinajstić information content (AvgIpc) is 3.12. The smallest absolute Gasteiger partial charge is 0.253 e. The molecule has 0 atom stereocenters. The van der Waals surface area contributed by atoms with E-state index in [1.54, 1.807) is 12.1 Å². The first-order chi connectivity index (χ1) is 11.6. The summed E-state index contributed by atoms with van der Waals surface area (Å²) >= 11 is 1.53. The molecule has 1 aromatic heterocycles. The monoisotopic (exact) mass is 346 g/mol. The molecule has 6 nitrogen and oxygen atoms in total. The lowest BCUT2D eigenvalue weighted by Crippen LogP contribution is -2.21. The van der Waals surface area contributed by atoms with Gasteiger partial charge < -0.3 is 20.1 Å². The minimum absolute atomic E-state index is 0.285. The molecule has 0 aliphatic carbocycles. The van der Waals surface area contributed by atoms with Gasteiger partial charge in [0.05, 0.1) is 25.5 Å². The van der Waals surface area contributed by atoms with Gasteiger partial charge in [0.25, 0.3) is 5.91 Å². The Morgan fingerprint density at radius 3 is 2.46 bits per heavy atom. The topological polar surface area (TPSA) is 76.7 Å². The van der Waals surface area contributed by atoms with Gasteiger partial charge in [-0.25, -0.2) is 0 Å². The molecule has 0 unspecified atom stereocenters. The molecular formula is C17H18N2O4S. The molecule has 24 heavy (non-hydrogen) atoms. The summed E-state index contributed by atoms with van der Waals surface area (Å²) in [4.78, 5) is 25.1. The Morgan fingerprint density at radius 1 is 1.17 bits per heavy atom. The molecule has 0 saturated carbocycles. The lowest BCUT2D eigenvalue weighted by atomic mass is 10.1. The zero-order chi connectivity index (χ0) is 17.5. The van der Waals surface area contributed by atoms with Crippen LogP contribution in [0, 0.1) is 0 Å². The van der Waals surface area contributed by atoms with Crippen LogP contribution in [0.15, 0.2) is 35.7 Å². The summed E-state index contributed by atoms with van der Waals surface area (Å²) in [5, 5.41) is 7.16. The van der Waals surface area contributed by atoms with Crippen molar-refractivity contribution in [2.45, 2.75) is 0 Å². The van der Waals surface area contributed by atoms with Crippen LogP contribution in [-0.4, -0.2) is 33.1 Å². The van der Waals surface area contributed by atoms with Crippen LogP contribution < -0.4 is 20.1 Å². The van der Waals surface area contributed by atoms with Crippen molar-refractivity contribution in [2.24, 2.45) is 0 Å². The molecule has 1 heterocycles. The number of hydrogen-bond acceptors (Lipinski definition) is 5. The maximum absolute atomic E-state index is 12.1. The van der Waals surface area contributed by atoms with Gasteiger partial charge in [0.1, 0.15) is 0 Å². The molecule has 2 rings (SSSR count). The quantitative estimate of drug-likeness (QED) is 0.789. The fraction of sp³-hybridized carbons (Fsp3) is 0.176. The van der Waals surface area contributed by atoms with Gasteiger partial charge in [0.2, 0.25) is 5.91 Å². The van der Waals surface area contributed by atoms with Crippen molar-refractivity contribution in [3.63, 3.8) is 0 Å². The Bertz CT molecular complexity index is 754. The van der Waals surface area contributed by atoms with Crippen LogP contribution in [0.2, 0.25) is 0 Å². The molecule has 0 spiro atoms. The number of nitrogens with one attached hydrogen (secondary N) is 2. The summed E-state index contributed by atoms with van der Waals surface area (Å²) in [6.07, 6.45) is 3.12. The third kappa shape index (κ3) is 4.14. The molecule has 0 radical (unpaired) electrons. The standard InChI is InChI=1S/C17H18N2O4S/c1-18-17(21)12-9-14(22-2)15(23-3)10-13(12)19-16(20)7-6-11-5-4-8-24-11/h4-10H,1-3H3,(H,18,21)(H,19,20)/b7-6+. The summed E-state index contributed by atoms with van der Waals surface area (Å²) in [6.45, 7) is 0. The van der Waals surface area contributed by atoms with E-state index in [0.29, 0.717) is 17.2 Å². The SMILES string of the molecule is CNC(=O)c1cc(OC)c(OC)cc1NC(=O)/C=C/c1cccs1. The second-order valence-electron chi connectivity index (χ2n) is 4.67. The zero-order valence-corrected chi connectivity index (χ0v) is 14.4. The van der Waals surface area contributed by atoms with E-state index in [4.69, 9.17) is 9.47 Å². The number of hydrogen-bond donors (Lipinski definition) is 2. The molecule has 0 aliphatic rings. The molecule has 1 aromatic carbocycles. The van der Waals surface area contributed by atoms with Crippen LogP contribution in [0.5, 0.6) is 11.5 Å². The van der Waals surface area contributed by atoms with E-state index in [9.17, 15) is 9.59 Å². The Balaban J connectivity index is 2.29. The van der Waals surface area contributed by atoms with Gasteiger partial charge in [-0.3, -0.25) is 9.59 Å². The number of rotatable bonds is 6. The maximum atomic E-state index is 12.1. The Hall–Kier alpha value is -2.80. The number of ether oxygens (including phenoxy) is 2. The first kappa shape index (κ1) is 17.6. The lowest BCUT2D eigenvalue weighted by Gasteiger charge is -2.14. The van der Waals surface area contributed by atoms with Gasteiger partial charge in [-0.1, -0.05) is 6.07 Å². The van der Waals surface area contributed by atoms with Crippen molar-refractivity contribution < 1.29 is 19.1 Å². The highest BCUT2D eigenvalue weighted by molar-refractivity contribution is 7.10. The van der Waals surface area contributed by atoms with Crippen LogP contribution in [0.3, 0.4) is 0 Å². The summed E-state index contributed by atoms with van der Waals surface area (Å²) in [5.41, 5.74) is 0.626. The van der Waals surface area contributed by atoms with Gasteiger partial charge in [-0.15, -0.1) is 11.3 Å². The van der Waals surface area contributed by atoms with Crippen molar-refractivity contribution in [3.05, 3.63) is 46.2 Å². The highest BCUT2D eigenvalue weighted by Gasteiger charge is 2.17. The Labute approximate surface area is 144 Å². The minimum atomic E-state index is -0.347. The summed E-state index contributed by atoms with van der Waals surface area (Å²) in [5.74, 6) is 0.139. The van der Waals surface area contributed by atoms with E-state index >= 15 is 0 Å². The van der Waals surface area contributed by atoms with Gasteiger partial charge >= 0.3 is 0 Å². The Morgan fingerprint density at radius 2 is 1.88 bits per heavy atom. The third-order valence-corrected chi connectivity index (χ3v) is 4.03. The van der Waals surface area contributed by atoms with E-state index in [1.807, 2.05) is 17.5 Å². The molecule has 0 aliphatic heterocycles. The highest BCUT2D eigenvalue weighted by Crippen LogP contribution is 2.33. The molecule has 0 saturated heterocycles. The fourth-order valence-corrected chi connectivity index (χ4v) is 2.64. The minimum Gasteiger partial charge on any atom is -0.493 e. The molecule has 0 fully saturated rings. The fourth-order valence-electron chi connectivity index (χ4n) is 2.02. The van der Waals surface area contributed by atoms with E-state index in [1.165, 1.54) is 44.7 Å². The number of thiophene rings is 1. The number of carbonyl (C=O) groups excluding carboxylic acids is 2. The van der Waals surface area contributed by atoms with Gasteiger partial charge in [-0.05, 0) is 23.6 Å². The number of benzene rings is 1. The molecule has 126 valence electrons. The zero-order valence-electron chi connectivity index (χ0n) is 13.6. The number of methoxy groups -OCH3 is 2. The largest absolute Gasteiger partial charge is 0.493 e. The maximum Gasteiger partial charge on any atom is 0.253 e. The van der Waals surface area contributed by atoms with Crippen LogP contribution >= 0.6 is 11.3 Å². The van der Waals surface area contributed by atoms with Crippen molar-refractivity contribution in [1.29, 1.82) is 0 Å². The highest BCUT2D eigenvalue weighted by atomic mass is 32.1. The molecular weight excluding hydrogens is 328 g/mol. The number of amides is 2. The first-order valence-electron chi connectivity index (χ1n) is 7.09. The van der Waals surface area contributed by atoms with Crippen LogP contribution in [0.25, 0.3) is 6.08 Å². The van der Waals surface area contributed by atoms with Crippen molar-refractivity contribution in [3.8, 4) is 11.5 Å². The van der Waals surface area contributed by atoms with Crippen molar-refractivity contribution in [1.82, 2.24) is 5.32 Å². The van der Waals surface area contributed by atoms with Crippen molar-refractivity contribution >= 4 is 34.9 Å². The summed E-state index contributed by atoms with van der Waals surface area (Å²) in [7, 11) is 4.48. The molecule has 2 N–H and O–H groups in total. The number of carbonyl (C=O) groups is 2. The molecule has 0 bridgehead atoms. The van der Waals surface area contributed by atoms with Crippen LogP contribution in [-0.2, 0) is 4.79 Å². The number of anilines is 1. The van der Waals surface area contributed by atoms with E-state index < -0.39 is 0 Å². The summed E-state index contributed by atoms with van der Waals surface area (Å²) < 4.78 is 10.4. The second-order valence-corrected chi connectivity index (χ2v) is 5.65. The summed E-state index contributed by atoms with van der Waals surface area (Å²) in [6, 6.07) is 6.89. The third-order valence-electron chi connectivity index (χ3n) is 3.20. The van der Waals surface area contributed by atoms with Gasteiger partial charge in [-0.2, -0.15) is 0 Å².